The van der Waals surface area contributed by atoms with Gasteiger partial charge in [-0.05, 0) is 39.0 Å². The summed E-state index contributed by atoms with van der Waals surface area (Å²) in [7, 11) is 0. The van der Waals surface area contributed by atoms with Crippen molar-refractivity contribution in [2.24, 2.45) is 5.92 Å². The molecule has 0 aromatic heterocycles. The molecule has 2 fully saturated rings. The van der Waals surface area contributed by atoms with Crippen molar-refractivity contribution in [3.8, 4) is 0 Å². The number of aliphatic carboxylic acids is 1. The average molecular weight is 257 g/mol. The van der Waals surface area contributed by atoms with Crippen LogP contribution in [0.1, 0.15) is 39.0 Å². The number of ether oxygens (including phenoxy) is 1. The van der Waals surface area contributed by atoms with Crippen molar-refractivity contribution in [1.29, 1.82) is 0 Å². The first-order chi connectivity index (χ1) is 8.43. The van der Waals surface area contributed by atoms with Crippen LogP contribution in [0.3, 0.4) is 0 Å². The Kier molecular flexibility index (Phi) is 3.94. The van der Waals surface area contributed by atoms with Crippen LogP contribution >= 0.6 is 0 Å². The molecule has 2 rings (SSSR count). The van der Waals surface area contributed by atoms with Gasteiger partial charge in [0.05, 0.1) is 18.1 Å². The van der Waals surface area contributed by atoms with Crippen LogP contribution in [-0.2, 0) is 9.53 Å². The number of β-amino-alcohol motifs (C(OH)–C–C–N with tert-alkyl or cyclic N) is 1. The van der Waals surface area contributed by atoms with Crippen molar-refractivity contribution in [2.45, 2.75) is 50.2 Å². The number of hydrogen-bond acceptors (Lipinski definition) is 4. The summed E-state index contributed by atoms with van der Waals surface area (Å²) in [6.45, 7) is 4.08. The highest BCUT2D eigenvalue weighted by Gasteiger charge is 2.38. The van der Waals surface area contributed by atoms with Crippen LogP contribution in [0.5, 0.6) is 0 Å². The highest BCUT2D eigenvalue weighted by molar-refractivity contribution is 5.70. The number of carbonyl (C=O) groups is 1. The molecule has 0 amide bonds. The summed E-state index contributed by atoms with van der Waals surface area (Å²) in [4.78, 5) is 10.9. The molecule has 3 N–H and O–H groups in total. The van der Waals surface area contributed by atoms with Gasteiger partial charge in [0.25, 0.3) is 0 Å². The van der Waals surface area contributed by atoms with Crippen LogP contribution in [0.4, 0.5) is 0 Å². The van der Waals surface area contributed by atoms with Crippen LogP contribution in [-0.4, -0.2) is 47.1 Å². The van der Waals surface area contributed by atoms with Crippen LogP contribution in [0.15, 0.2) is 0 Å². The molecular weight excluding hydrogens is 234 g/mol. The number of rotatable bonds is 4. The Labute approximate surface area is 108 Å². The Bertz CT molecular complexity index is 304. The predicted octanol–water partition coefficient (Wildman–Crippen LogP) is 0.761. The first-order valence-corrected chi connectivity index (χ1v) is 6.71. The second-order valence-electron chi connectivity index (χ2n) is 6.05. The molecule has 2 aliphatic rings. The third-order valence-corrected chi connectivity index (χ3v) is 4.33. The van der Waals surface area contributed by atoms with Crippen molar-refractivity contribution >= 4 is 5.97 Å². The average Bonchev–Trinajstić information content (AvgIpc) is 2.75. The minimum atomic E-state index is -0.752. The third kappa shape index (κ3) is 3.22. The molecule has 1 heterocycles. The highest BCUT2D eigenvalue weighted by Crippen LogP contribution is 2.32. The molecule has 1 aliphatic carbocycles. The van der Waals surface area contributed by atoms with E-state index < -0.39 is 11.6 Å². The molecule has 1 saturated heterocycles. The summed E-state index contributed by atoms with van der Waals surface area (Å²) < 4.78 is 5.36. The van der Waals surface area contributed by atoms with Crippen LogP contribution in [0.25, 0.3) is 0 Å². The number of hydrogen-bond donors (Lipinski definition) is 3. The Morgan fingerprint density at radius 3 is 2.56 bits per heavy atom. The lowest BCUT2D eigenvalue weighted by atomic mass is 9.78. The van der Waals surface area contributed by atoms with Crippen molar-refractivity contribution in [2.75, 3.05) is 19.8 Å². The summed E-state index contributed by atoms with van der Waals surface area (Å²) in [5.74, 6) is -1.02. The lowest BCUT2D eigenvalue weighted by molar-refractivity contribution is -0.144. The first-order valence-electron chi connectivity index (χ1n) is 6.71. The summed E-state index contributed by atoms with van der Waals surface area (Å²) in [5, 5.41) is 22.8. The zero-order valence-corrected chi connectivity index (χ0v) is 10.9. The van der Waals surface area contributed by atoms with Crippen molar-refractivity contribution in [1.82, 2.24) is 5.32 Å². The first kappa shape index (κ1) is 13.8. The van der Waals surface area contributed by atoms with Gasteiger partial charge < -0.3 is 20.3 Å². The van der Waals surface area contributed by atoms with E-state index in [0.29, 0.717) is 38.8 Å². The van der Waals surface area contributed by atoms with Gasteiger partial charge in [-0.3, -0.25) is 4.79 Å². The summed E-state index contributed by atoms with van der Waals surface area (Å²) in [5.41, 5.74) is -0.795. The third-order valence-electron chi connectivity index (χ3n) is 4.33. The van der Waals surface area contributed by atoms with E-state index >= 15 is 0 Å². The summed E-state index contributed by atoms with van der Waals surface area (Å²) >= 11 is 0. The largest absolute Gasteiger partial charge is 0.481 e. The van der Waals surface area contributed by atoms with Crippen molar-refractivity contribution < 1.29 is 19.7 Å². The fraction of sp³-hybridized carbons (Fsp3) is 0.923. The highest BCUT2D eigenvalue weighted by atomic mass is 16.5. The van der Waals surface area contributed by atoms with Gasteiger partial charge in [0.1, 0.15) is 0 Å². The molecular formula is C13H23NO4. The van der Waals surface area contributed by atoms with E-state index in [2.05, 4.69) is 12.2 Å². The maximum Gasteiger partial charge on any atom is 0.306 e. The molecule has 0 aromatic rings. The standard InChI is InChI=1S/C13H23NO4/c1-12(6-7-18-9-12)14-8-13(17)4-2-10(3-5-13)11(15)16/h10,14,17H,2-9H2,1H3,(H,15,16). The molecule has 1 atom stereocenters. The Morgan fingerprint density at radius 2 is 2.06 bits per heavy atom. The fourth-order valence-electron chi connectivity index (χ4n) is 2.76. The molecule has 0 spiro atoms. The van der Waals surface area contributed by atoms with Crippen LogP contribution in [0.2, 0.25) is 0 Å². The van der Waals surface area contributed by atoms with Gasteiger partial charge in [-0.1, -0.05) is 0 Å². The van der Waals surface area contributed by atoms with Gasteiger partial charge >= 0.3 is 5.97 Å². The molecule has 0 radical (unpaired) electrons. The maximum atomic E-state index is 10.9. The minimum Gasteiger partial charge on any atom is -0.481 e. The molecule has 0 bridgehead atoms. The smallest absolute Gasteiger partial charge is 0.306 e. The van der Waals surface area contributed by atoms with Crippen molar-refractivity contribution in [3.05, 3.63) is 0 Å². The van der Waals surface area contributed by atoms with Gasteiger partial charge in [-0.25, -0.2) is 0 Å². The van der Waals surface area contributed by atoms with E-state index in [1.807, 2.05) is 0 Å². The Hall–Kier alpha value is -0.650. The number of carboxylic acids is 1. The molecule has 1 unspecified atom stereocenters. The Balaban J connectivity index is 1.80. The van der Waals surface area contributed by atoms with E-state index in [4.69, 9.17) is 9.84 Å². The molecule has 1 saturated carbocycles. The van der Waals surface area contributed by atoms with Crippen molar-refractivity contribution in [3.63, 3.8) is 0 Å². The Morgan fingerprint density at radius 1 is 1.39 bits per heavy atom. The normalized spacial score (nSPS) is 40.9. The minimum absolute atomic E-state index is 0.0423. The van der Waals surface area contributed by atoms with E-state index in [9.17, 15) is 9.90 Å². The molecule has 104 valence electrons. The molecule has 1 aliphatic heterocycles. The van der Waals surface area contributed by atoms with Gasteiger partial charge in [0, 0.05) is 18.7 Å². The van der Waals surface area contributed by atoms with Gasteiger partial charge in [-0.15, -0.1) is 0 Å². The second kappa shape index (κ2) is 5.15. The topological polar surface area (TPSA) is 78.8 Å². The quantitative estimate of drug-likeness (QED) is 0.693. The van der Waals surface area contributed by atoms with E-state index in [0.717, 1.165) is 13.0 Å². The summed E-state index contributed by atoms with van der Waals surface area (Å²) in [6, 6.07) is 0. The van der Waals surface area contributed by atoms with E-state index in [-0.39, 0.29) is 11.5 Å². The molecule has 5 heteroatoms. The van der Waals surface area contributed by atoms with E-state index in [1.54, 1.807) is 0 Å². The van der Waals surface area contributed by atoms with Gasteiger partial charge in [0.15, 0.2) is 0 Å². The fourth-order valence-corrected chi connectivity index (χ4v) is 2.76. The number of carboxylic acid groups (broad SMARTS) is 1. The lowest BCUT2D eigenvalue weighted by Crippen LogP contribution is -2.52. The second-order valence-corrected chi connectivity index (χ2v) is 6.05. The number of aliphatic hydroxyl groups is 1. The summed E-state index contributed by atoms with van der Waals surface area (Å²) in [6.07, 6.45) is 3.23. The zero-order chi connectivity index (χ0) is 13.2. The van der Waals surface area contributed by atoms with E-state index in [1.165, 1.54) is 0 Å². The molecule has 18 heavy (non-hydrogen) atoms. The van der Waals surface area contributed by atoms with Gasteiger partial charge in [0.2, 0.25) is 0 Å². The number of nitrogens with one attached hydrogen (secondary N) is 1. The maximum absolute atomic E-state index is 10.9. The molecule has 0 aromatic carbocycles. The SMILES string of the molecule is CC1(NCC2(O)CCC(C(=O)O)CC2)CCOC1. The van der Waals surface area contributed by atoms with Gasteiger partial charge in [-0.2, -0.15) is 0 Å². The zero-order valence-electron chi connectivity index (χ0n) is 10.9. The monoisotopic (exact) mass is 257 g/mol. The van der Waals surface area contributed by atoms with Crippen LogP contribution < -0.4 is 5.32 Å². The predicted molar refractivity (Wildman–Crippen MR) is 66.4 cm³/mol. The lowest BCUT2D eigenvalue weighted by Gasteiger charge is -2.37. The molecule has 5 nitrogen and oxygen atoms in total. The van der Waals surface area contributed by atoms with Crippen LogP contribution in [0, 0.1) is 5.92 Å².